The van der Waals surface area contributed by atoms with E-state index in [-0.39, 0.29) is 12.1 Å². The second kappa shape index (κ2) is 6.77. The smallest absolute Gasteiger partial charge is 0.299 e. The lowest BCUT2D eigenvalue weighted by Gasteiger charge is -2.34. The van der Waals surface area contributed by atoms with Crippen molar-refractivity contribution < 1.29 is 13.2 Å². The van der Waals surface area contributed by atoms with E-state index >= 15 is 0 Å². The minimum absolute atomic E-state index is 0.178. The Hall–Kier alpha value is -0.800. The first kappa shape index (κ1) is 17.3. The van der Waals surface area contributed by atoms with Gasteiger partial charge in [-0.2, -0.15) is 18.4 Å². The van der Waals surface area contributed by atoms with E-state index in [2.05, 4.69) is 11.4 Å². The number of nitriles is 1. The molecular formula is C14H24F3N3. The van der Waals surface area contributed by atoms with E-state index in [0.717, 1.165) is 13.0 Å². The Morgan fingerprint density at radius 2 is 2.10 bits per heavy atom. The molecule has 1 N–H and O–H groups in total. The van der Waals surface area contributed by atoms with Crippen molar-refractivity contribution in [1.29, 1.82) is 5.26 Å². The summed E-state index contributed by atoms with van der Waals surface area (Å²) in [5, 5.41) is 12.6. The zero-order valence-electron chi connectivity index (χ0n) is 12.4. The molecule has 1 aliphatic rings. The van der Waals surface area contributed by atoms with Crippen molar-refractivity contribution in [2.75, 3.05) is 13.1 Å². The molecule has 2 atom stereocenters. The molecule has 20 heavy (non-hydrogen) atoms. The van der Waals surface area contributed by atoms with E-state index < -0.39 is 18.3 Å². The molecule has 116 valence electrons. The maximum Gasteiger partial charge on any atom is 0.401 e. The fourth-order valence-corrected chi connectivity index (χ4v) is 2.91. The predicted octanol–water partition coefficient (Wildman–Crippen LogP) is 3.07. The molecule has 3 nitrogen and oxygen atoms in total. The van der Waals surface area contributed by atoms with Gasteiger partial charge in [-0.25, -0.2) is 0 Å². The third kappa shape index (κ3) is 4.64. The molecule has 0 amide bonds. The minimum Gasteiger partial charge on any atom is -0.299 e. The van der Waals surface area contributed by atoms with Crippen LogP contribution in [0.1, 0.15) is 46.5 Å². The Bertz CT molecular complexity index is 349. The first-order valence-electron chi connectivity index (χ1n) is 7.22. The lowest BCUT2D eigenvalue weighted by atomic mass is 9.99. The van der Waals surface area contributed by atoms with Crippen LogP contribution in [0.25, 0.3) is 0 Å². The predicted molar refractivity (Wildman–Crippen MR) is 72.2 cm³/mol. The fourth-order valence-electron chi connectivity index (χ4n) is 2.91. The molecule has 0 bridgehead atoms. The highest BCUT2D eigenvalue weighted by atomic mass is 19.4. The van der Waals surface area contributed by atoms with Gasteiger partial charge in [-0.15, -0.1) is 0 Å². The van der Waals surface area contributed by atoms with Gasteiger partial charge in [0.1, 0.15) is 5.54 Å². The number of alkyl halides is 3. The second-order valence-corrected chi connectivity index (χ2v) is 5.90. The van der Waals surface area contributed by atoms with Crippen molar-refractivity contribution in [2.24, 2.45) is 0 Å². The molecule has 1 aliphatic carbocycles. The standard InChI is InChI=1S/C14H24F3N3/c1-4-7-19-13(9-18)6-5-12(8-13)20(11(2)3)10-14(15,16)17/h11-12,19H,4-8,10H2,1-3H3. The number of hydrogen-bond acceptors (Lipinski definition) is 3. The van der Waals surface area contributed by atoms with Gasteiger partial charge in [-0.1, -0.05) is 6.92 Å². The van der Waals surface area contributed by atoms with Crippen molar-refractivity contribution >= 4 is 0 Å². The molecule has 0 radical (unpaired) electrons. The Morgan fingerprint density at radius 3 is 2.55 bits per heavy atom. The molecule has 0 aliphatic heterocycles. The van der Waals surface area contributed by atoms with Gasteiger partial charge >= 0.3 is 6.18 Å². The maximum atomic E-state index is 12.7. The molecule has 6 heteroatoms. The number of nitrogens with one attached hydrogen (secondary N) is 1. The maximum absolute atomic E-state index is 12.7. The summed E-state index contributed by atoms with van der Waals surface area (Å²) in [5.41, 5.74) is -0.653. The number of rotatable bonds is 6. The summed E-state index contributed by atoms with van der Waals surface area (Å²) in [6.45, 7) is 5.38. The molecule has 1 fully saturated rings. The molecule has 0 aromatic rings. The molecule has 0 spiro atoms. The van der Waals surface area contributed by atoms with Gasteiger partial charge in [-0.05, 0) is 46.1 Å². The summed E-state index contributed by atoms with van der Waals surface area (Å²) >= 11 is 0. The van der Waals surface area contributed by atoms with Crippen LogP contribution in [0.15, 0.2) is 0 Å². The average Bonchev–Trinajstić information content (AvgIpc) is 2.77. The summed E-state index contributed by atoms with van der Waals surface area (Å²) in [5.74, 6) is 0. The van der Waals surface area contributed by atoms with E-state index in [1.165, 1.54) is 4.90 Å². The van der Waals surface area contributed by atoms with Crippen molar-refractivity contribution in [2.45, 2.75) is 70.3 Å². The number of hydrogen-bond donors (Lipinski definition) is 1. The van der Waals surface area contributed by atoms with Gasteiger partial charge in [0.25, 0.3) is 0 Å². The van der Waals surface area contributed by atoms with Gasteiger partial charge < -0.3 is 0 Å². The number of nitrogens with zero attached hydrogens (tertiary/aromatic N) is 2. The molecular weight excluding hydrogens is 267 g/mol. The summed E-state index contributed by atoms with van der Waals surface area (Å²) < 4.78 is 38.0. The third-order valence-electron chi connectivity index (χ3n) is 3.91. The van der Waals surface area contributed by atoms with E-state index in [1.807, 2.05) is 6.92 Å². The zero-order chi connectivity index (χ0) is 15.4. The molecule has 0 heterocycles. The van der Waals surface area contributed by atoms with Crippen LogP contribution < -0.4 is 5.32 Å². The van der Waals surface area contributed by atoms with Crippen molar-refractivity contribution in [3.63, 3.8) is 0 Å². The minimum atomic E-state index is -4.20. The van der Waals surface area contributed by atoms with Gasteiger partial charge in [0.15, 0.2) is 0 Å². The van der Waals surface area contributed by atoms with Crippen molar-refractivity contribution in [3.8, 4) is 6.07 Å². The highest BCUT2D eigenvalue weighted by Crippen LogP contribution is 2.35. The molecule has 1 rings (SSSR count). The average molecular weight is 291 g/mol. The Balaban J connectivity index is 2.74. The van der Waals surface area contributed by atoms with Crippen LogP contribution in [0.4, 0.5) is 13.2 Å². The summed E-state index contributed by atoms with van der Waals surface area (Å²) in [4.78, 5) is 1.48. The quantitative estimate of drug-likeness (QED) is 0.817. The van der Waals surface area contributed by atoms with Crippen LogP contribution in [-0.2, 0) is 0 Å². The summed E-state index contributed by atoms with van der Waals surface area (Å²) in [7, 11) is 0. The van der Waals surface area contributed by atoms with Crippen LogP contribution >= 0.6 is 0 Å². The molecule has 0 aromatic carbocycles. The van der Waals surface area contributed by atoms with Gasteiger partial charge in [-0.3, -0.25) is 10.2 Å². The largest absolute Gasteiger partial charge is 0.401 e. The van der Waals surface area contributed by atoms with Crippen LogP contribution in [-0.4, -0.2) is 41.8 Å². The molecule has 2 unspecified atom stereocenters. The molecule has 1 saturated carbocycles. The topological polar surface area (TPSA) is 39.1 Å². The first-order chi connectivity index (χ1) is 9.23. The lowest BCUT2D eigenvalue weighted by molar-refractivity contribution is -0.155. The van der Waals surface area contributed by atoms with Crippen LogP contribution in [0.5, 0.6) is 0 Å². The van der Waals surface area contributed by atoms with E-state index in [4.69, 9.17) is 0 Å². The van der Waals surface area contributed by atoms with Crippen molar-refractivity contribution in [3.05, 3.63) is 0 Å². The van der Waals surface area contributed by atoms with E-state index in [9.17, 15) is 18.4 Å². The van der Waals surface area contributed by atoms with Crippen LogP contribution in [0, 0.1) is 11.3 Å². The molecule has 0 aromatic heterocycles. The fraction of sp³-hybridized carbons (Fsp3) is 0.929. The first-order valence-corrected chi connectivity index (χ1v) is 7.22. The van der Waals surface area contributed by atoms with Gasteiger partial charge in [0, 0.05) is 12.1 Å². The highest BCUT2D eigenvalue weighted by Gasteiger charge is 2.44. The second-order valence-electron chi connectivity index (χ2n) is 5.90. The Morgan fingerprint density at radius 1 is 1.45 bits per heavy atom. The Labute approximate surface area is 119 Å². The summed E-state index contributed by atoms with van der Waals surface area (Å²) in [6, 6.07) is 1.92. The van der Waals surface area contributed by atoms with Crippen molar-refractivity contribution in [1.82, 2.24) is 10.2 Å². The Kier molecular flexibility index (Phi) is 5.84. The molecule has 0 saturated heterocycles. The summed E-state index contributed by atoms with van der Waals surface area (Å²) in [6.07, 6.45) is -1.56. The van der Waals surface area contributed by atoms with Crippen LogP contribution in [0.3, 0.4) is 0 Å². The highest BCUT2D eigenvalue weighted by molar-refractivity contribution is 5.13. The van der Waals surface area contributed by atoms with E-state index in [0.29, 0.717) is 19.3 Å². The monoisotopic (exact) mass is 291 g/mol. The normalized spacial score (nSPS) is 27.2. The SMILES string of the molecule is CCCNC1(C#N)CCC(N(CC(F)(F)F)C(C)C)C1. The van der Waals surface area contributed by atoms with Crippen LogP contribution in [0.2, 0.25) is 0 Å². The van der Waals surface area contributed by atoms with Gasteiger partial charge in [0.2, 0.25) is 0 Å². The van der Waals surface area contributed by atoms with E-state index in [1.54, 1.807) is 13.8 Å². The zero-order valence-corrected chi connectivity index (χ0v) is 12.4. The third-order valence-corrected chi connectivity index (χ3v) is 3.91. The number of halogens is 3. The lowest BCUT2D eigenvalue weighted by Crippen LogP contribution is -2.48. The van der Waals surface area contributed by atoms with Gasteiger partial charge in [0.05, 0.1) is 12.6 Å².